The Hall–Kier alpha value is -2.95. The maximum Gasteiger partial charge on any atom is 0.340 e. The lowest BCUT2D eigenvalue weighted by Crippen LogP contribution is -2.14. The second-order valence-electron chi connectivity index (χ2n) is 6.75. The summed E-state index contributed by atoms with van der Waals surface area (Å²) in [7, 11) is 0. The van der Waals surface area contributed by atoms with Crippen molar-refractivity contribution in [3.8, 4) is 5.75 Å². The lowest BCUT2D eigenvalue weighted by Gasteiger charge is -2.20. The summed E-state index contributed by atoms with van der Waals surface area (Å²) in [4.78, 5) is 16.6. The van der Waals surface area contributed by atoms with Crippen molar-refractivity contribution in [3.05, 3.63) is 70.7 Å². The summed E-state index contributed by atoms with van der Waals surface area (Å²) in [6.07, 6.45) is 2.17. The molecule has 1 saturated carbocycles. The maximum absolute atomic E-state index is 13.3. The van der Waals surface area contributed by atoms with Gasteiger partial charge >= 0.3 is 5.97 Å². The molecule has 0 bridgehead atoms. The van der Waals surface area contributed by atoms with Crippen molar-refractivity contribution >= 4 is 16.9 Å². The monoisotopic (exact) mass is 351 g/mol. The summed E-state index contributed by atoms with van der Waals surface area (Å²) in [5.74, 6) is -1.81. The third kappa shape index (κ3) is 2.35. The molecule has 4 rings (SSSR count). The van der Waals surface area contributed by atoms with Crippen molar-refractivity contribution < 1.29 is 19.4 Å². The van der Waals surface area contributed by atoms with E-state index in [-0.39, 0.29) is 17.1 Å². The number of para-hydroxylation sites is 1. The van der Waals surface area contributed by atoms with Crippen molar-refractivity contribution in [2.45, 2.75) is 31.6 Å². The molecule has 2 N–H and O–H groups in total. The van der Waals surface area contributed by atoms with Gasteiger partial charge in [0.15, 0.2) is 5.75 Å². The minimum Gasteiger partial charge on any atom is -0.505 e. The Bertz CT molecular complexity index is 1020. The van der Waals surface area contributed by atoms with Gasteiger partial charge in [0, 0.05) is 10.8 Å². The molecule has 0 radical (unpaired) electrons. The molecular formula is C21H18FNO3. The van der Waals surface area contributed by atoms with Gasteiger partial charge in [-0.25, -0.2) is 14.2 Å². The smallest absolute Gasteiger partial charge is 0.340 e. The van der Waals surface area contributed by atoms with Crippen LogP contribution in [0.1, 0.15) is 46.9 Å². The molecule has 0 saturated heterocycles. The highest BCUT2D eigenvalue weighted by Crippen LogP contribution is 2.56. The molecule has 1 fully saturated rings. The molecule has 132 valence electrons. The van der Waals surface area contributed by atoms with Crippen LogP contribution in [0.4, 0.5) is 4.39 Å². The lowest BCUT2D eigenvalue weighted by atomic mass is 9.89. The van der Waals surface area contributed by atoms with E-state index in [4.69, 9.17) is 4.98 Å². The standard InChI is InChI=1S/C21H18FNO3/c1-2-12-4-3-5-15-16(20(25)26)18(24)19(23-17(12)15)21(10-11-21)13-6-8-14(22)9-7-13/h3-9,24H,2,10-11H2,1H3,(H,25,26). The zero-order chi connectivity index (χ0) is 18.5. The van der Waals surface area contributed by atoms with E-state index in [9.17, 15) is 19.4 Å². The van der Waals surface area contributed by atoms with E-state index in [1.165, 1.54) is 12.1 Å². The van der Waals surface area contributed by atoms with Gasteiger partial charge in [-0.15, -0.1) is 0 Å². The van der Waals surface area contributed by atoms with Crippen LogP contribution in [0.5, 0.6) is 5.75 Å². The Morgan fingerprint density at radius 1 is 1.19 bits per heavy atom. The third-order valence-electron chi connectivity index (χ3n) is 5.27. The molecule has 1 heterocycles. The summed E-state index contributed by atoms with van der Waals surface area (Å²) in [5.41, 5.74) is 2.07. The normalized spacial score (nSPS) is 15.2. The number of halogens is 1. The van der Waals surface area contributed by atoms with Crippen LogP contribution in [0.25, 0.3) is 10.9 Å². The molecule has 4 nitrogen and oxygen atoms in total. The van der Waals surface area contributed by atoms with Crippen LogP contribution in [0, 0.1) is 5.82 Å². The largest absolute Gasteiger partial charge is 0.505 e. The molecule has 2 aromatic carbocycles. The Labute approximate surface area is 149 Å². The Morgan fingerprint density at radius 3 is 2.46 bits per heavy atom. The van der Waals surface area contributed by atoms with Crippen molar-refractivity contribution in [1.29, 1.82) is 0 Å². The number of nitrogens with zero attached hydrogens (tertiary/aromatic N) is 1. The average Bonchev–Trinajstić information content (AvgIpc) is 3.42. The molecule has 1 aliphatic rings. The van der Waals surface area contributed by atoms with E-state index in [0.29, 0.717) is 23.0 Å². The SMILES string of the molecule is CCc1cccc2c(C(=O)O)c(O)c(C3(c4ccc(F)cc4)CC3)nc12. The van der Waals surface area contributed by atoms with E-state index in [1.54, 1.807) is 24.3 Å². The predicted molar refractivity (Wildman–Crippen MR) is 96.2 cm³/mol. The molecule has 1 aliphatic carbocycles. The molecule has 26 heavy (non-hydrogen) atoms. The van der Waals surface area contributed by atoms with Crippen LogP contribution in [-0.2, 0) is 11.8 Å². The van der Waals surface area contributed by atoms with Gasteiger partial charge in [-0.3, -0.25) is 0 Å². The minimum absolute atomic E-state index is 0.117. The van der Waals surface area contributed by atoms with Crippen LogP contribution < -0.4 is 0 Å². The maximum atomic E-state index is 13.3. The summed E-state index contributed by atoms with van der Waals surface area (Å²) >= 11 is 0. The lowest BCUT2D eigenvalue weighted by molar-refractivity contribution is 0.0695. The van der Waals surface area contributed by atoms with Gasteiger partial charge in [-0.05, 0) is 42.5 Å². The number of aromatic hydroxyl groups is 1. The Balaban J connectivity index is 2.03. The Morgan fingerprint density at radius 2 is 1.88 bits per heavy atom. The number of pyridine rings is 1. The molecule has 5 heteroatoms. The number of rotatable bonds is 4. The molecule has 1 aromatic heterocycles. The first kappa shape index (κ1) is 16.5. The van der Waals surface area contributed by atoms with E-state index in [2.05, 4.69) is 0 Å². The fourth-order valence-electron chi connectivity index (χ4n) is 3.73. The number of hydrogen-bond donors (Lipinski definition) is 2. The number of carboxylic acids is 1. The molecule has 0 unspecified atom stereocenters. The molecule has 0 atom stereocenters. The van der Waals surface area contributed by atoms with Crippen molar-refractivity contribution in [3.63, 3.8) is 0 Å². The van der Waals surface area contributed by atoms with Crippen LogP contribution in [0.2, 0.25) is 0 Å². The van der Waals surface area contributed by atoms with Gasteiger partial charge in [-0.2, -0.15) is 0 Å². The number of aromatic carboxylic acids is 1. The van der Waals surface area contributed by atoms with Crippen LogP contribution in [-0.4, -0.2) is 21.2 Å². The highest BCUT2D eigenvalue weighted by Gasteiger charge is 2.50. The number of benzene rings is 2. The van der Waals surface area contributed by atoms with E-state index < -0.39 is 11.4 Å². The fraction of sp³-hybridized carbons (Fsp3) is 0.238. The fourth-order valence-corrected chi connectivity index (χ4v) is 3.73. The third-order valence-corrected chi connectivity index (χ3v) is 5.27. The number of hydrogen-bond acceptors (Lipinski definition) is 3. The second kappa shape index (κ2) is 5.80. The van der Waals surface area contributed by atoms with E-state index in [1.807, 2.05) is 13.0 Å². The minimum atomic E-state index is -1.18. The first-order valence-electron chi connectivity index (χ1n) is 8.62. The number of carboxylic acid groups (broad SMARTS) is 1. The summed E-state index contributed by atoms with van der Waals surface area (Å²) in [5, 5.41) is 20.9. The first-order valence-corrected chi connectivity index (χ1v) is 8.62. The van der Waals surface area contributed by atoms with E-state index in [0.717, 1.165) is 24.0 Å². The van der Waals surface area contributed by atoms with Gasteiger partial charge in [0.2, 0.25) is 0 Å². The zero-order valence-corrected chi connectivity index (χ0v) is 14.3. The summed E-state index contributed by atoms with van der Waals surface area (Å²) in [6.45, 7) is 1.98. The van der Waals surface area contributed by atoms with Gasteiger partial charge in [0.25, 0.3) is 0 Å². The highest BCUT2D eigenvalue weighted by molar-refractivity contribution is 6.06. The zero-order valence-electron chi connectivity index (χ0n) is 14.3. The average molecular weight is 351 g/mol. The highest BCUT2D eigenvalue weighted by atomic mass is 19.1. The molecule has 3 aromatic rings. The van der Waals surface area contributed by atoms with Crippen LogP contribution >= 0.6 is 0 Å². The van der Waals surface area contributed by atoms with Gasteiger partial charge < -0.3 is 10.2 Å². The number of carbonyl (C=O) groups is 1. The molecule has 0 aliphatic heterocycles. The van der Waals surface area contributed by atoms with Crippen molar-refractivity contribution in [2.24, 2.45) is 0 Å². The van der Waals surface area contributed by atoms with Crippen molar-refractivity contribution in [1.82, 2.24) is 4.98 Å². The van der Waals surface area contributed by atoms with Gasteiger partial charge in [0.1, 0.15) is 11.4 Å². The number of aromatic nitrogens is 1. The summed E-state index contributed by atoms with van der Waals surface area (Å²) < 4.78 is 13.3. The van der Waals surface area contributed by atoms with Crippen LogP contribution in [0.3, 0.4) is 0 Å². The quantitative estimate of drug-likeness (QED) is 0.730. The number of fused-ring (bicyclic) bond motifs is 1. The first-order chi connectivity index (χ1) is 12.5. The number of aryl methyl sites for hydroxylation is 1. The van der Waals surface area contributed by atoms with Crippen LogP contribution in [0.15, 0.2) is 42.5 Å². The predicted octanol–water partition coefficient (Wildman–Crippen LogP) is 4.42. The van der Waals surface area contributed by atoms with E-state index >= 15 is 0 Å². The molecular weight excluding hydrogens is 333 g/mol. The molecule has 0 amide bonds. The second-order valence-corrected chi connectivity index (χ2v) is 6.75. The van der Waals surface area contributed by atoms with Crippen molar-refractivity contribution in [2.75, 3.05) is 0 Å². The molecule has 0 spiro atoms. The topological polar surface area (TPSA) is 70.4 Å². The van der Waals surface area contributed by atoms with Gasteiger partial charge in [-0.1, -0.05) is 37.3 Å². The summed E-state index contributed by atoms with van der Waals surface area (Å²) in [6, 6.07) is 11.5. The Kier molecular flexibility index (Phi) is 3.68. The van der Waals surface area contributed by atoms with Gasteiger partial charge in [0.05, 0.1) is 11.2 Å².